The molecule has 1 aliphatic carbocycles. The van der Waals surface area contributed by atoms with Crippen LogP contribution in [0.25, 0.3) is 0 Å². The minimum atomic E-state index is -1.61. The molecule has 0 amide bonds. The van der Waals surface area contributed by atoms with E-state index in [-0.39, 0.29) is 0 Å². The molecule has 2 heteroatoms. The molecule has 0 aromatic rings. The lowest BCUT2D eigenvalue weighted by Crippen LogP contribution is -2.24. The summed E-state index contributed by atoms with van der Waals surface area (Å²) in [5.74, 6) is 0.598. The van der Waals surface area contributed by atoms with Gasteiger partial charge in [0, 0.05) is 5.54 Å². The highest BCUT2D eigenvalue weighted by Crippen LogP contribution is 2.44. The van der Waals surface area contributed by atoms with Crippen LogP contribution in [0.5, 0.6) is 0 Å². The maximum atomic E-state index is 6.57. The maximum Gasteiger partial charge on any atom is 0.161 e. The third-order valence-electron chi connectivity index (χ3n) is 3.78. The molecule has 1 rings (SSSR count). The normalized spacial score (nSPS) is 24.1. The van der Waals surface area contributed by atoms with Crippen LogP contribution < -0.4 is 0 Å². The lowest BCUT2D eigenvalue weighted by atomic mass is 9.78. The summed E-state index contributed by atoms with van der Waals surface area (Å²) in [6.07, 6.45) is 4.78. The summed E-state index contributed by atoms with van der Waals surface area (Å²) in [5.41, 5.74) is 3.79. The quantitative estimate of drug-likeness (QED) is 0.460. The van der Waals surface area contributed by atoms with Crippen LogP contribution in [-0.2, 0) is 0 Å². The molecular weight excluding hydrogens is 232 g/mol. The molecule has 0 N–H and O–H groups in total. The third-order valence-corrected chi connectivity index (χ3v) is 6.59. The monoisotopic (exact) mass is 256 g/mol. The first-order chi connectivity index (χ1) is 7.03. The van der Waals surface area contributed by atoms with E-state index < -0.39 is 7.38 Å². The van der Waals surface area contributed by atoms with Crippen LogP contribution in [0.15, 0.2) is 23.3 Å². The summed E-state index contributed by atoms with van der Waals surface area (Å²) < 4.78 is 0. The van der Waals surface area contributed by atoms with Gasteiger partial charge in [0.25, 0.3) is 0 Å². The molecule has 0 aliphatic heterocycles. The van der Waals surface area contributed by atoms with Crippen molar-refractivity contribution in [2.45, 2.75) is 53.3 Å². The molecule has 0 nitrogen and oxygen atoms in total. The van der Waals surface area contributed by atoms with E-state index in [0.29, 0.717) is 16.9 Å². The fourth-order valence-electron chi connectivity index (χ4n) is 2.23. The highest BCUT2D eigenvalue weighted by molar-refractivity contribution is 7.20. The van der Waals surface area contributed by atoms with E-state index in [9.17, 15) is 0 Å². The van der Waals surface area contributed by atoms with Crippen LogP contribution in [0.1, 0.15) is 34.6 Å². The van der Waals surface area contributed by atoms with Gasteiger partial charge in [-0.2, -0.15) is 11.1 Å². The van der Waals surface area contributed by atoms with E-state index in [2.05, 4.69) is 59.9 Å². The van der Waals surface area contributed by atoms with Gasteiger partial charge in [-0.05, 0) is 23.8 Å². The fraction of sp³-hybridized carbons (Fsp3) is 0.714. The Hall–Kier alpha value is -0.0131. The molecule has 0 aromatic heterocycles. The second-order valence-corrected chi connectivity index (χ2v) is 13.4. The Morgan fingerprint density at radius 1 is 1.31 bits per heavy atom. The standard InChI is InChI=1S/C14H25ClSi/c1-10-8-12(11(2)14(3,4)5)9-13(10)16(6,7)15/h8-9,11,13H,1-7H3. The molecule has 0 aromatic carbocycles. The lowest BCUT2D eigenvalue weighted by Gasteiger charge is -2.28. The van der Waals surface area contributed by atoms with Gasteiger partial charge in [-0.25, -0.2) is 0 Å². The highest BCUT2D eigenvalue weighted by Gasteiger charge is 2.35. The summed E-state index contributed by atoms with van der Waals surface area (Å²) in [6, 6.07) is 0. The lowest BCUT2D eigenvalue weighted by molar-refractivity contribution is 0.305. The van der Waals surface area contributed by atoms with Crippen molar-refractivity contribution in [1.29, 1.82) is 0 Å². The number of halogens is 1. The van der Waals surface area contributed by atoms with Gasteiger partial charge in [-0.1, -0.05) is 58.5 Å². The molecule has 0 saturated carbocycles. The Labute approximate surface area is 106 Å². The van der Waals surface area contributed by atoms with E-state index in [0.717, 1.165) is 0 Å². The van der Waals surface area contributed by atoms with Gasteiger partial charge in [-0.15, -0.1) is 0 Å². The molecule has 0 radical (unpaired) electrons. The van der Waals surface area contributed by atoms with E-state index in [1.807, 2.05) is 0 Å². The molecule has 0 fully saturated rings. The molecule has 0 saturated heterocycles. The second kappa shape index (κ2) is 4.34. The zero-order valence-corrected chi connectivity index (χ0v) is 13.4. The Balaban J connectivity index is 2.96. The average molecular weight is 257 g/mol. The van der Waals surface area contributed by atoms with E-state index in [1.165, 1.54) is 11.1 Å². The highest BCUT2D eigenvalue weighted by atomic mass is 35.6. The molecular formula is C14H25ClSi. The van der Waals surface area contributed by atoms with Gasteiger partial charge in [-0.3, -0.25) is 0 Å². The largest absolute Gasteiger partial charge is 0.167 e. The van der Waals surface area contributed by atoms with Crippen LogP contribution >= 0.6 is 11.1 Å². The minimum absolute atomic E-state index is 0.329. The Morgan fingerprint density at radius 3 is 2.12 bits per heavy atom. The summed E-state index contributed by atoms with van der Waals surface area (Å²) in [7, 11) is -1.61. The summed E-state index contributed by atoms with van der Waals surface area (Å²) >= 11 is 6.57. The van der Waals surface area contributed by atoms with Crippen LogP contribution in [0, 0.1) is 11.3 Å². The predicted molar refractivity (Wildman–Crippen MR) is 77.5 cm³/mol. The van der Waals surface area contributed by atoms with Gasteiger partial charge in [0.05, 0.1) is 0 Å². The Kier molecular flexibility index (Phi) is 3.81. The molecule has 0 spiro atoms. The van der Waals surface area contributed by atoms with Gasteiger partial charge in [0.1, 0.15) is 0 Å². The van der Waals surface area contributed by atoms with Crippen LogP contribution in [-0.4, -0.2) is 7.38 Å². The number of hydrogen-bond acceptors (Lipinski definition) is 0. The zero-order valence-electron chi connectivity index (χ0n) is 11.7. The summed E-state index contributed by atoms with van der Waals surface area (Å²) in [6.45, 7) is 15.9. The summed E-state index contributed by atoms with van der Waals surface area (Å²) in [4.78, 5) is 0. The van der Waals surface area contributed by atoms with Crippen molar-refractivity contribution in [3.8, 4) is 0 Å². The average Bonchev–Trinajstić information content (AvgIpc) is 2.43. The third kappa shape index (κ3) is 3.01. The van der Waals surface area contributed by atoms with Crippen molar-refractivity contribution in [3.05, 3.63) is 23.3 Å². The molecule has 16 heavy (non-hydrogen) atoms. The second-order valence-electron chi connectivity index (χ2n) is 6.68. The van der Waals surface area contributed by atoms with Crippen LogP contribution in [0.2, 0.25) is 18.6 Å². The Morgan fingerprint density at radius 2 is 1.81 bits per heavy atom. The number of allylic oxidation sites excluding steroid dienone is 4. The van der Waals surface area contributed by atoms with Gasteiger partial charge < -0.3 is 0 Å². The first-order valence-corrected chi connectivity index (χ1v) is 10.2. The first kappa shape index (κ1) is 14.0. The van der Waals surface area contributed by atoms with E-state index >= 15 is 0 Å². The van der Waals surface area contributed by atoms with Crippen molar-refractivity contribution >= 4 is 18.5 Å². The minimum Gasteiger partial charge on any atom is -0.167 e. The Bertz CT molecular complexity index is 326. The molecule has 0 bridgehead atoms. The van der Waals surface area contributed by atoms with Gasteiger partial charge in [0.15, 0.2) is 7.38 Å². The van der Waals surface area contributed by atoms with Crippen molar-refractivity contribution in [1.82, 2.24) is 0 Å². The van der Waals surface area contributed by atoms with Crippen molar-refractivity contribution in [2.75, 3.05) is 0 Å². The van der Waals surface area contributed by atoms with Crippen LogP contribution in [0.3, 0.4) is 0 Å². The first-order valence-electron chi connectivity index (χ1n) is 6.12. The zero-order chi connectivity index (χ0) is 12.7. The predicted octanol–water partition coefficient (Wildman–Crippen LogP) is 5.37. The molecule has 2 atom stereocenters. The number of rotatable bonds is 2. The molecule has 92 valence electrons. The van der Waals surface area contributed by atoms with Crippen molar-refractivity contribution in [3.63, 3.8) is 0 Å². The smallest absolute Gasteiger partial charge is 0.161 e. The van der Waals surface area contributed by atoms with E-state index in [1.54, 1.807) is 0 Å². The van der Waals surface area contributed by atoms with Crippen LogP contribution in [0.4, 0.5) is 0 Å². The van der Waals surface area contributed by atoms with Crippen molar-refractivity contribution in [2.24, 2.45) is 11.3 Å². The molecule has 1 aliphatic rings. The molecule has 2 unspecified atom stereocenters. The number of hydrogen-bond donors (Lipinski definition) is 0. The SMILES string of the molecule is CC1=CC(C(C)C(C)(C)C)=CC1[Si](C)(C)Cl. The molecule has 0 heterocycles. The maximum absolute atomic E-state index is 6.57. The summed E-state index contributed by atoms with van der Waals surface area (Å²) in [5, 5.41) is 0. The van der Waals surface area contributed by atoms with E-state index in [4.69, 9.17) is 11.1 Å². The van der Waals surface area contributed by atoms with Gasteiger partial charge >= 0.3 is 0 Å². The van der Waals surface area contributed by atoms with Crippen molar-refractivity contribution < 1.29 is 0 Å². The fourth-order valence-corrected chi connectivity index (χ4v) is 4.69. The topological polar surface area (TPSA) is 0 Å². The van der Waals surface area contributed by atoms with Gasteiger partial charge in [0.2, 0.25) is 0 Å².